The van der Waals surface area contributed by atoms with Gasteiger partial charge in [0.25, 0.3) is 0 Å². The quantitative estimate of drug-likeness (QED) is 0.259. The van der Waals surface area contributed by atoms with Crippen LogP contribution in [0.5, 0.6) is 0 Å². The van der Waals surface area contributed by atoms with E-state index in [1.807, 2.05) is 0 Å². The van der Waals surface area contributed by atoms with E-state index < -0.39 is 0 Å². The highest BCUT2D eigenvalue weighted by Gasteiger charge is 2.36. The second-order valence-electron chi connectivity index (χ2n) is 4.29. The van der Waals surface area contributed by atoms with E-state index in [0.717, 1.165) is 18.4 Å². The van der Waals surface area contributed by atoms with Gasteiger partial charge in [0.15, 0.2) is 0 Å². The molecule has 4 heteroatoms. The second kappa shape index (κ2) is 4.17. The fourth-order valence-electron chi connectivity index (χ4n) is 2.99. The summed E-state index contributed by atoms with van der Waals surface area (Å²) < 4.78 is 0. The molecule has 0 aromatic carbocycles. The van der Waals surface area contributed by atoms with Crippen LogP contribution in [0, 0.1) is 5.92 Å². The maximum absolute atomic E-state index is 5.47. The molecule has 1 saturated carbocycles. The number of aliphatic imine (C=N–C) groups is 1. The molecule has 14 heavy (non-hydrogen) atoms. The SMILES string of the molecule is CN=C(NN)N1CCCC2CCCC21. The van der Waals surface area contributed by atoms with Gasteiger partial charge in [-0.25, -0.2) is 5.84 Å². The molecule has 0 aromatic heterocycles. The van der Waals surface area contributed by atoms with Crippen LogP contribution in [0.1, 0.15) is 32.1 Å². The van der Waals surface area contributed by atoms with Gasteiger partial charge in [0.05, 0.1) is 0 Å². The van der Waals surface area contributed by atoms with Crippen molar-refractivity contribution in [3.63, 3.8) is 0 Å². The maximum atomic E-state index is 5.47. The summed E-state index contributed by atoms with van der Waals surface area (Å²) in [5.41, 5.74) is 2.71. The van der Waals surface area contributed by atoms with Crippen molar-refractivity contribution >= 4 is 5.96 Å². The molecule has 2 fully saturated rings. The number of nitrogens with zero attached hydrogens (tertiary/aromatic N) is 2. The predicted molar refractivity (Wildman–Crippen MR) is 57.8 cm³/mol. The third kappa shape index (κ3) is 1.59. The molecule has 1 aliphatic heterocycles. The topological polar surface area (TPSA) is 53.6 Å². The molecule has 80 valence electrons. The average molecular weight is 196 g/mol. The molecule has 0 bridgehead atoms. The zero-order valence-corrected chi connectivity index (χ0v) is 8.87. The van der Waals surface area contributed by atoms with E-state index in [0.29, 0.717) is 6.04 Å². The monoisotopic (exact) mass is 196 g/mol. The number of nitrogens with one attached hydrogen (secondary N) is 1. The Kier molecular flexibility index (Phi) is 2.91. The van der Waals surface area contributed by atoms with Crippen LogP contribution in [0.25, 0.3) is 0 Å². The van der Waals surface area contributed by atoms with E-state index in [1.165, 1.54) is 32.1 Å². The lowest BCUT2D eigenvalue weighted by Gasteiger charge is -2.39. The van der Waals surface area contributed by atoms with Gasteiger partial charge in [0.1, 0.15) is 0 Å². The molecule has 0 amide bonds. The molecule has 1 heterocycles. The normalized spacial score (nSPS) is 33.0. The van der Waals surface area contributed by atoms with Gasteiger partial charge < -0.3 is 4.90 Å². The summed E-state index contributed by atoms with van der Waals surface area (Å²) in [4.78, 5) is 6.56. The van der Waals surface area contributed by atoms with Gasteiger partial charge in [-0.2, -0.15) is 0 Å². The van der Waals surface area contributed by atoms with Crippen LogP contribution in [0.2, 0.25) is 0 Å². The summed E-state index contributed by atoms with van der Waals surface area (Å²) in [6.07, 6.45) is 6.74. The Labute approximate surface area is 85.5 Å². The number of fused-ring (bicyclic) bond motifs is 1. The van der Waals surface area contributed by atoms with Crippen LogP contribution < -0.4 is 11.3 Å². The minimum absolute atomic E-state index is 0.693. The maximum Gasteiger partial charge on any atom is 0.208 e. The van der Waals surface area contributed by atoms with Crippen molar-refractivity contribution in [3.05, 3.63) is 0 Å². The molecule has 0 radical (unpaired) electrons. The van der Waals surface area contributed by atoms with Crippen molar-refractivity contribution in [2.75, 3.05) is 13.6 Å². The Morgan fingerprint density at radius 2 is 2.14 bits per heavy atom. The number of hydrogen-bond donors (Lipinski definition) is 2. The zero-order chi connectivity index (χ0) is 9.97. The zero-order valence-electron chi connectivity index (χ0n) is 8.87. The lowest BCUT2D eigenvalue weighted by Crippen LogP contribution is -2.53. The van der Waals surface area contributed by atoms with Gasteiger partial charge in [-0.05, 0) is 31.6 Å². The Bertz CT molecular complexity index is 226. The van der Waals surface area contributed by atoms with Crippen molar-refractivity contribution in [1.29, 1.82) is 0 Å². The second-order valence-corrected chi connectivity index (χ2v) is 4.29. The molecule has 0 spiro atoms. The van der Waals surface area contributed by atoms with Gasteiger partial charge >= 0.3 is 0 Å². The fourth-order valence-corrected chi connectivity index (χ4v) is 2.99. The molecular formula is C10H20N4. The van der Waals surface area contributed by atoms with Crippen molar-refractivity contribution in [2.24, 2.45) is 16.8 Å². The van der Waals surface area contributed by atoms with E-state index in [2.05, 4.69) is 15.3 Å². The fraction of sp³-hybridized carbons (Fsp3) is 0.900. The van der Waals surface area contributed by atoms with Gasteiger partial charge in [-0.15, -0.1) is 0 Å². The number of hydrazine groups is 1. The van der Waals surface area contributed by atoms with E-state index in [1.54, 1.807) is 7.05 Å². The van der Waals surface area contributed by atoms with E-state index in [-0.39, 0.29) is 0 Å². The summed E-state index contributed by atoms with van der Waals surface area (Å²) in [6, 6.07) is 0.693. The van der Waals surface area contributed by atoms with Crippen LogP contribution in [-0.4, -0.2) is 30.5 Å². The average Bonchev–Trinajstić information content (AvgIpc) is 2.68. The first-order valence-electron chi connectivity index (χ1n) is 5.57. The lowest BCUT2D eigenvalue weighted by molar-refractivity contribution is 0.186. The van der Waals surface area contributed by atoms with E-state index >= 15 is 0 Å². The highest BCUT2D eigenvalue weighted by atomic mass is 15.4. The molecule has 4 nitrogen and oxygen atoms in total. The minimum atomic E-state index is 0.693. The number of likely N-dealkylation sites (tertiary alicyclic amines) is 1. The highest BCUT2D eigenvalue weighted by molar-refractivity contribution is 5.79. The molecule has 1 saturated heterocycles. The van der Waals surface area contributed by atoms with Crippen molar-refractivity contribution < 1.29 is 0 Å². The van der Waals surface area contributed by atoms with Crippen molar-refractivity contribution in [1.82, 2.24) is 10.3 Å². The van der Waals surface area contributed by atoms with E-state index in [9.17, 15) is 0 Å². The predicted octanol–water partition coefficient (Wildman–Crippen LogP) is 0.700. The molecule has 2 unspecified atom stereocenters. The van der Waals surface area contributed by atoms with E-state index in [4.69, 9.17) is 5.84 Å². The van der Waals surface area contributed by atoms with Gasteiger partial charge in [0, 0.05) is 19.6 Å². The smallest absolute Gasteiger partial charge is 0.208 e. The number of guanidine groups is 1. The Balaban J connectivity index is 2.09. The first kappa shape index (κ1) is 9.77. The minimum Gasteiger partial charge on any atom is -0.339 e. The molecule has 2 aliphatic rings. The van der Waals surface area contributed by atoms with Gasteiger partial charge in [0.2, 0.25) is 5.96 Å². The Hall–Kier alpha value is -0.770. The summed E-state index contributed by atoms with van der Waals surface area (Å²) in [5, 5.41) is 0. The van der Waals surface area contributed by atoms with Crippen LogP contribution >= 0.6 is 0 Å². The number of rotatable bonds is 0. The summed E-state index contributed by atoms with van der Waals surface area (Å²) >= 11 is 0. The highest BCUT2D eigenvalue weighted by Crippen LogP contribution is 2.36. The third-order valence-electron chi connectivity index (χ3n) is 3.61. The van der Waals surface area contributed by atoms with Gasteiger partial charge in [-0.3, -0.25) is 10.4 Å². The Morgan fingerprint density at radius 1 is 1.36 bits per heavy atom. The number of hydrogen-bond acceptors (Lipinski definition) is 2. The van der Waals surface area contributed by atoms with Crippen LogP contribution in [0.15, 0.2) is 4.99 Å². The lowest BCUT2D eigenvalue weighted by atomic mass is 9.92. The largest absolute Gasteiger partial charge is 0.339 e. The van der Waals surface area contributed by atoms with Crippen LogP contribution in [-0.2, 0) is 0 Å². The summed E-state index contributed by atoms with van der Waals surface area (Å²) in [6.45, 7) is 1.11. The first-order valence-corrected chi connectivity index (χ1v) is 5.57. The van der Waals surface area contributed by atoms with Crippen LogP contribution in [0.3, 0.4) is 0 Å². The van der Waals surface area contributed by atoms with Gasteiger partial charge in [-0.1, -0.05) is 6.42 Å². The molecule has 2 atom stereocenters. The molecule has 3 N–H and O–H groups in total. The number of piperidine rings is 1. The summed E-state index contributed by atoms with van der Waals surface area (Å²) in [7, 11) is 1.80. The molecule has 1 aliphatic carbocycles. The first-order chi connectivity index (χ1) is 6.86. The summed E-state index contributed by atoms with van der Waals surface area (Å²) in [5.74, 6) is 7.22. The Morgan fingerprint density at radius 3 is 2.86 bits per heavy atom. The van der Waals surface area contributed by atoms with Crippen molar-refractivity contribution in [2.45, 2.75) is 38.1 Å². The third-order valence-corrected chi connectivity index (χ3v) is 3.61. The van der Waals surface area contributed by atoms with Crippen molar-refractivity contribution in [3.8, 4) is 0 Å². The molecule has 0 aromatic rings. The standard InChI is InChI=1S/C10H20N4/c1-12-10(13-11)14-7-3-5-8-4-2-6-9(8)14/h8-9H,2-7,11H2,1H3,(H,12,13). The number of nitrogens with two attached hydrogens (primary N) is 1. The molecule has 2 rings (SSSR count). The van der Waals surface area contributed by atoms with Crippen LogP contribution in [0.4, 0.5) is 0 Å². The molecular weight excluding hydrogens is 176 g/mol.